The van der Waals surface area contributed by atoms with E-state index in [9.17, 15) is 4.79 Å². The average molecular weight is 284 g/mol. The third-order valence-corrected chi connectivity index (χ3v) is 4.23. The lowest BCUT2D eigenvalue weighted by molar-refractivity contribution is -0.142. The Balaban J connectivity index is 1.91. The van der Waals surface area contributed by atoms with Crippen molar-refractivity contribution < 1.29 is 9.90 Å². The van der Waals surface area contributed by atoms with Crippen molar-refractivity contribution >= 4 is 28.9 Å². The Kier molecular flexibility index (Phi) is 2.83. The molecule has 2 aromatic heterocycles. The maximum Gasteiger partial charge on any atom is 0.308 e. The first-order chi connectivity index (χ1) is 8.63. The van der Waals surface area contributed by atoms with Gasteiger partial charge in [0.05, 0.1) is 21.7 Å². The molecular formula is C11H10ClN3O2S. The molecule has 0 radical (unpaired) electrons. The maximum absolute atomic E-state index is 11.0. The fraction of sp³-hybridized carbons (Fsp3) is 0.364. The standard InChI is InChI=1S/C11H10ClN3O2S/c12-8-3-2-7(18-8)10-13-9-4-1-6(11(16)17)5-15(9)14-10/h2-3,6H,1,4-5H2,(H,16,17). The second-order valence-corrected chi connectivity index (χ2v) is 5.93. The van der Waals surface area contributed by atoms with E-state index >= 15 is 0 Å². The van der Waals surface area contributed by atoms with Crippen LogP contribution in [0.25, 0.3) is 10.7 Å². The van der Waals surface area contributed by atoms with Crippen LogP contribution in [0.5, 0.6) is 0 Å². The summed E-state index contributed by atoms with van der Waals surface area (Å²) in [5.74, 6) is 0.357. The van der Waals surface area contributed by atoms with Crippen LogP contribution in [-0.4, -0.2) is 25.8 Å². The van der Waals surface area contributed by atoms with Crippen LogP contribution < -0.4 is 0 Å². The van der Waals surface area contributed by atoms with Gasteiger partial charge in [-0.1, -0.05) is 11.6 Å². The van der Waals surface area contributed by atoms with Gasteiger partial charge in [0, 0.05) is 6.42 Å². The highest BCUT2D eigenvalue weighted by Crippen LogP contribution is 2.30. The van der Waals surface area contributed by atoms with E-state index in [0.29, 0.717) is 29.5 Å². The van der Waals surface area contributed by atoms with Gasteiger partial charge in [-0.05, 0) is 18.6 Å². The number of carboxylic acid groups (broad SMARTS) is 1. The highest BCUT2D eigenvalue weighted by atomic mass is 35.5. The van der Waals surface area contributed by atoms with Crippen LogP contribution in [0.15, 0.2) is 12.1 Å². The smallest absolute Gasteiger partial charge is 0.308 e. The third kappa shape index (κ3) is 2.02. The summed E-state index contributed by atoms with van der Waals surface area (Å²) < 4.78 is 2.40. The first kappa shape index (κ1) is 11.7. The Labute approximate surface area is 112 Å². The Morgan fingerprint density at radius 1 is 1.56 bits per heavy atom. The lowest BCUT2D eigenvalue weighted by Crippen LogP contribution is -2.27. The topological polar surface area (TPSA) is 68.0 Å². The highest BCUT2D eigenvalue weighted by Gasteiger charge is 2.26. The minimum absolute atomic E-state index is 0.362. The molecule has 1 N–H and O–H groups in total. The maximum atomic E-state index is 11.0. The summed E-state index contributed by atoms with van der Waals surface area (Å²) in [7, 11) is 0. The van der Waals surface area contributed by atoms with E-state index in [0.717, 1.165) is 10.7 Å². The van der Waals surface area contributed by atoms with Gasteiger partial charge in [-0.2, -0.15) is 0 Å². The van der Waals surface area contributed by atoms with Crippen LogP contribution in [-0.2, 0) is 17.8 Å². The van der Waals surface area contributed by atoms with Crippen LogP contribution in [0.2, 0.25) is 4.34 Å². The molecule has 3 rings (SSSR count). The summed E-state index contributed by atoms with van der Waals surface area (Å²) in [6.07, 6.45) is 1.28. The van der Waals surface area contributed by atoms with Crippen molar-refractivity contribution in [2.45, 2.75) is 19.4 Å². The van der Waals surface area contributed by atoms with Gasteiger partial charge in [0.25, 0.3) is 0 Å². The summed E-state index contributed by atoms with van der Waals surface area (Å²) >= 11 is 7.30. The van der Waals surface area contributed by atoms with E-state index in [-0.39, 0.29) is 5.92 Å². The van der Waals surface area contributed by atoms with Crippen LogP contribution in [0.4, 0.5) is 0 Å². The predicted molar refractivity (Wildman–Crippen MR) is 67.8 cm³/mol. The molecular weight excluding hydrogens is 274 g/mol. The zero-order chi connectivity index (χ0) is 12.7. The third-order valence-electron chi connectivity index (χ3n) is 3.00. The molecule has 1 aliphatic rings. The molecule has 94 valence electrons. The number of carbonyl (C=O) groups is 1. The molecule has 5 nitrogen and oxygen atoms in total. The number of hydrogen-bond acceptors (Lipinski definition) is 4. The first-order valence-corrected chi connectivity index (χ1v) is 6.75. The molecule has 0 aromatic carbocycles. The molecule has 1 aliphatic heterocycles. The second-order valence-electron chi connectivity index (χ2n) is 4.21. The zero-order valence-corrected chi connectivity index (χ0v) is 10.9. The summed E-state index contributed by atoms with van der Waals surface area (Å²) in [5, 5.41) is 13.4. The molecule has 1 atom stereocenters. The number of fused-ring (bicyclic) bond motifs is 1. The van der Waals surface area contributed by atoms with Crippen LogP contribution in [0, 0.1) is 5.92 Å². The van der Waals surface area contributed by atoms with Crippen molar-refractivity contribution in [2.75, 3.05) is 0 Å². The minimum Gasteiger partial charge on any atom is -0.481 e. The monoisotopic (exact) mass is 283 g/mol. The Morgan fingerprint density at radius 3 is 3.06 bits per heavy atom. The van der Waals surface area contributed by atoms with Gasteiger partial charge in [-0.25, -0.2) is 9.67 Å². The van der Waals surface area contributed by atoms with E-state index in [1.807, 2.05) is 12.1 Å². The second kappa shape index (κ2) is 4.37. The van der Waals surface area contributed by atoms with Crippen molar-refractivity contribution in [2.24, 2.45) is 5.92 Å². The van der Waals surface area contributed by atoms with Crippen LogP contribution in [0.3, 0.4) is 0 Å². The zero-order valence-electron chi connectivity index (χ0n) is 9.34. The summed E-state index contributed by atoms with van der Waals surface area (Å²) in [6.45, 7) is 0.400. The van der Waals surface area contributed by atoms with E-state index in [4.69, 9.17) is 16.7 Å². The Hall–Kier alpha value is -1.40. The van der Waals surface area contributed by atoms with E-state index in [1.54, 1.807) is 4.68 Å². The first-order valence-electron chi connectivity index (χ1n) is 5.56. The number of nitrogens with zero attached hydrogens (tertiary/aromatic N) is 3. The number of thiophene rings is 1. The molecule has 2 aromatic rings. The predicted octanol–water partition coefficient (Wildman–Crippen LogP) is 2.31. The Bertz CT molecular complexity index is 607. The SMILES string of the molecule is O=C(O)C1CCc2nc(-c3ccc(Cl)s3)nn2C1. The fourth-order valence-corrected chi connectivity index (χ4v) is 3.02. The van der Waals surface area contributed by atoms with E-state index in [1.165, 1.54) is 11.3 Å². The van der Waals surface area contributed by atoms with Crippen molar-refractivity contribution in [3.8, 4) is 10.7 Å². The highest BCUT2D eigenvalue weighted by molar-refractivity contribution is 7.19. The summed E-state index contributed by atoms with van der Waals surface area (Å²) in [6, 6.07) is 3.69. The molecule has 0 amide bonds. The van der Waals surface area contributed by atoms with Gasteiger partial charge < -0.3 is 5.11 Å². The molecule has 1 unspecified atom stereocenters. The minimum atomic E-state index is -0.767. The number of rotatable bonds is 2. The number of halogens is 1. The van der Waals surface area contributed by atoms with Gasteiger partial charge in [-0.15, -0.1) is 16.4 Å². The molecule has 18 heavy (non-hydrogen) atoms. The van der Waals surface area contributed by atoms with Gasteiger partial charge in [0.15, 0.2) is 5.82 Å². The summed E-state index contributed by atoms with van der Waals surface area (Å²) in [5.41, 5.74) is 0. The molecule has 3 heterocycles. The molecule has 7 heteroatoms. The normalized spacial score (nSPS) is 18.6. The van der Waals surface area contributed by atoms with Crippen molar-refractivity contribution in [1.82, 2.24) is 14.8 Å². The van der Waals surface area contributed by atoms with Gasteiger partial charge in [-0.3, -0.25) is 4.79 Å². The van der Waals surface area contributed by atoms with E-state index < -0.39 is 5.97 Å². The lowest BCUT2D eigenvalue weighted by atomic mass is 10.0. The van der Waals surface area contributed by atoms with Crippen LogP contribution in [0.1, 0.15) is 12.2 Å². The Morgan fingerprint density at radius 2 is 2.39 bits per heavy atom. The number of aryl methyl sites for hydroxylation is 1. The van der Waals surface area contributed by atoms with Crippen molar-refractivity contribution in [3.05, 3.63) is 22.3 Å². The fourth-order valence-electron chi connectivity index (χ4n) is 2.05. The lowest BCUT2D eigenvalue weighted by Gasteiger charge is -2.18. The molecule has 0 bridgehead atoms. The molecule has 0 aliphatic carbocycles. The van der Waals surface area contributed by atoms with Gasteiger partial charge in [0.1, 0.15) is 5.82 Å². The largest absolute Gasteiger partial charge is 0.481 e. The van der Waals surface area contributed by atoms with E-state index in [2.05, 4.69) is 10.1 Å². The molecule has 0 saturated heterocycles. The quantitative estimate of drug-likeness (QED) is 0.918. The number of aliphatic carboxylic acids is 1. The summed E-state index contributed by atoms with van der Waals surface area (Å²) in [4.78, 5) is 16.3. The molecule has 0 saturated carbocycles. The van der Waals surface area contributed by atoms with Crippen molar-refractivity contribution in [1.29, 1.82) is 0 Å². The molecule has 0 fully saturated rings. The number of hydrogen-bond donors (Lipinski definition) is 1. The molecule has 0 spiro atoms. The number of carboxylic acids is 1. The number of aromatic nitrogens is 3. The van der Waals surface area contributed by atoms with Crippen molar-refractivity contribution in [3.63, 3.8) is 0 Å². The average Bonchev–Trinajstić information content (AvgIpc) is 2.93. The van der Waals surface area contributed by atoms with Gasteiger partial charge >= 0.3 is 5.97 Å². The van der Waals surface area contributed by atoms with Crippen LogP contribution >= 0.6 is 22.9 Å². The van der Waals surface area contributed by atoms with Gasteiger partial charge in [0.2, 0.25) is 0 Å².